The van der Waals surface area contributed by atoms with Gasteiger partial charge in [-0.15, -0.1) is 0 Å². The highest BCUT2D eigenvalue weighted by Crippen LogP contribution is 2.29. The van der Waals surface area contributed by atoms with Crippen LogP contribution in [0, 0.1) is 5.92 Å². The molecular weight excluding hydrogens is 222 g/mol. The second-order valence-corrected chi connectivity index (χ2v) is 5.48. The van der Waals surface area contributed by atoms with Crippen LogP contribution in [0.5, 0.6) is 0 Å². The maximum absolute atomic E-state index is 12.5. The van der Waals surface area contributed by atoms with Gasteiger partial charge in [-0.05, 0) is 31.7 Å². The number of carbonyl (C=O) groups excluding carboxylic acids is 1. The van der Waals surface area contributed by atoms with Crippen molar-refractivity contribution in [2.75, 3.05) is 6.54 Å². The van der Waals surface area contributed by atoms with E-state index < -0.39 is 0 Å². The number of rotatable bonds is 3. The number of nitrogens with zero attached hydrogens (tertiary/aromatic N) is 1. The van der Waals surface area contributed by atoms with Gasteiger partial charge in [0.1, 0.15) is 0 Å². The molecule has 3 atom stereocenters. The Morgan fingerprint density at radius 3 is 2.61 bits per heavy atom. The number of hydrogen-bond donors (Lipinski definition) is 0. The van der Waals surface area contributed by atoms with Crippen molar-refractivity contribution in [2.24, 2.45) is 5.92 Å². The molecule has 18 heavy (non-hydrogen) atoms. The van der Waals surface area contributed by atoms with Crippen LogP contribution in [0.2, 0.25) is 0 Å². The molecule has 0 N–H and O–H groups in total. The van der Waals surface area contributed by atoms with Crippen LogP contribution in [0.1, 0.15) is 45.1 Å². The SMILES string of the molecule is CCC1C[C@@H](C)N(C(=O)C(C)c2ccccc2)C1. The third-order valence-corrected chi connectivity index (χ3v) is 4.19. The van der Waals surface area contributed by atoms with Crippen LogP contribution in [-0.2, 0) is 4.79 Å². The molecule has 2 nitrogen and oxygen atoms in total. The predicted octanol–water partition coefficient (Wildman–Crippen LogP) is 3.44. The number of amides is 1. The molecule has 1 aliphatic heterocycles. The summed E-state index contributed by atoms with van der Waals surface area (Å²) in [4.78, 5) is 14.6. The molecule has 1 fully saturated rings. The minimum atomic E-state index is -0.0238. The molecule has 1 aromatic rings. The molecule has 1 heterocycles. The number of hydrogen-bond acceptors (Lipinski definition) is 1. The van der Waals surface area contributed by atoms with Crippen molar-refractivity contribution < 1.29 is 4.79 Å². The van der Waals surface area contributed by atoms with Gasteiger partial charge in [0.2, 0.25) is 5.91 Å². The third-order valence-electron chi connectivity index (χ3n) is 4.19. The lowest BCUT2D eigenvalue weighted by Gasteiger charge is -2.25. The summed E-state index contributed by atoms with van der Waals surface area (Å²) in [7, 11) is 0. The molecule has 98 valence electrons. The minimum absolute atomic E-state index is 0.0238. The van der Waals surface area contributed by atoms with Gasteiger partial charge in [0, 0.05) is 12.6 Å². The molecule has 2 heteroatoms. The Balaban J connectivity index is 2.08. The first-order valence-corrected chi connectivity index (χ1v) is 6.98. The van der Waals surface area contributed by atoms with Crippen LogP contribution < -0.4 is 0 Å². The molecule has 0 bridgehead atoms. The lowest BCUT2D eigenvalue weighted by molar-refractivity contribution is -0.133. The van der Waals surface area contributed by atoms with Crippen molar-refractivity contribution in [2.45, 2.75) is 45.6 Å². The van der Waals surface area contributed by atoms with Crippen molar-refractivity contribution in [3.05, 3.63) is 35.9 Å². The van der Waals surface area contributed by atoms with E-state index >= 15 is 0 Å². The Morgan fingerprint density at radius 1 is 1.39 bits per heavy atom. The van der Waals surface area contributed by atoms with Crippen LogP contribution in [-0.4, -0.2) is 23.4 Å². The average molecular weight is 245 g/mol. The summed E-state index contributed by atoms with van der Waals surface area (Å²) in [5.41, 5.74) is 1.12. The topological polar surface area (TPSA) is 20.3 Å². The Morgan fingerprint density at radius 2 is 2.06 bits per heavy atom. The zero-order valence-corrected chi connectivity index (χ0v) is 11.6. The average Bonchev–Trinajstić information content (AvgIpc) is 2.79. The van der Waals surface area contributed by atoms with Crippen molar-refractivity contribution >= 4 is 5.91 Å². The van der Waals surface area contributed by atoms with Gasteiger partial charge in [-0.25, -0.2) is 0 Å². The molecule has 0 saturated carbocycles. The van der Waals surface area contributed by atoms with E-state index in [0.717, 1.165) is 18.5 Å². The van der Waals surface area contributed by atoms with E-state index in [1.54, 1.807) is 0 Å². The Bertz CT molecular complexity index is 401. The first kappa shape index (κ1) is 13.1. The maximum Gasteiger partial charge on any atom is 0.230 e. The molecule has 1 saturated heterocycles. The lowest BCUT2D eigenvalue weighted by Crippen LogP contribution is -2.36. The van der Waals surface area contributed by atoms with E-state index in [4.69, 9.17) is 0 Å². The van der Waals surface area contributed by atoms with Gasteiger partial charge in [0.05, 0.1) is 5.92 Å². The summed E-state index contributed by atoms with van der Waals surface area (Å²) < 4.78 is 0. The quantitative estimate of drug-likeness (QED) is 0.799. The highest BCUT2D eigenvalue weighted by molar-refractivity contribution is 5.83. The summed E-state index contributed by atoms with van der Waals surface area (Å²) in [5.74, 6) is 0.945. The van der Waals surface area contributed by atoms with Gasteiger partial charge in [-0.2, -0.15) is 0 Å². The van der Waals surface area contributed by atoms with Gasteiger partial charge >= 0.3 is 0 Å². The summed E-state index contributed by atoms with van der Waals surface area (Å²) in [6, 6.07) is 10.5. The third kappa shape index (κ3) is 2.58. The fourth-order valence-electron chi connectivity index (χ4n) is 2.88. The molecule has 0 spiro atoms. The van der Waals surface area contributed by atoms with Crippen LogP contribution in [0.25, 0.3) is 0 Å². The highest BCUT2D eigenvalue weighted by atomic mass is 16.2. The fourth-order valence-corrected chi connectivity index (χ4v) is 2.88. The summed E-state index contributed by atoms with van der Waals surface area (Å²) in [5, 5.41) is 0. The molecule has 1 aromatic carbocycles. The molecule has 2 unspecified atom stereocenters. The van der Waals surface area contributed by atoms with Crippen LogP contribution in [0.15, 0.2) is 30.3 Å². The van der Waals surface area contributed by atoms with Gasteiger partial charge in [-0.3, -0.25) is 4.79 Å². The molecule has 2 rings (SSSR count). The number of likely N-dealkylation sites (tertiary alicyclic amines) is 1. The van der Waals surface area contributed by atoms with Crippen LogP contribution in [0.3, 0.4) is 0 Å². The Hall–Kier alpha value is -1.31. The second kappa shape index (κ2) is 5.55. The zero-order valence-electron chi connectivity index (χ0n) is 11.6. The zero-order chi connectivity index (χ0) is 13.1. The van der Waals surface area contributed by atoms with Crippen molar-refractivity contribution in [1.29, 1.82) is 0 Å². The number of carbonyl (C=O) groups is 1. The number of benzene rings is 1. The van der Waals surface area contributed by atoms with E-state index in [0.29, 0.717) is 12.0 Å². The molecule has 0 aliphatic carbocycles. The van der Waals surface area contributed by atoms with Crippen LogP contribution >= 0.6 is 0 Å². The molecule has 1 amide bonds. The molecule has 0 radical (unpaired) electrons. The van der Waals surface area contributed by atoms with Crippen LogP contribution in [0.4, 0.5) is 0 Å². The lowest BCUT2D eigenvalue weighted by atomic mass is 9.99. The normalized spacial score (nSPS) is 25.2. The van der Waals surface area contributed by atoms with E-state index in [-0.39, 0.29) is 11.8 Å². The second-order valence-electron chi connectivity index (χ2n) is 5.48. The van der Waals surface area contributed by atoms with E-state index in [2.05, 4.69) is 18.7 Å². The van der Waals surface area contributed by atoms with Gasteiger partial charge in [0.25, 0.3) is 0 Å². The van der Waals surface area contributed by atoms with Gasteiger partial charge < -0.3 is 4.90 Å². The molecule has 0 aromatic heterocycles. The van der Waals surface area contributed by atoms with E-state index in [9.17, 15) is 4.79 Å². The van der Waals surface area contributed by atoms with E-state index in [1.165, 1.54) is 6.42 Å². The largest absolute Gasteiger partial charge is 0.339 e. The Kier molecular flexibility index (Phi) is 4.05. The van der Waals surface area contributed by atoms with Gasteiger partial charge in [-0.1, -0.05) is 43.7 Å². The first-order valence-electron chi connectivity index (χ1n) is 6.98. The fraction of sp³-hybridized carbons (Fsp3) is 0.562. The van der Waals surface area contributed by atoms with Gasteiger partial charge in [0.15, 0.2) is 0 Å². The van der Waals surface area contributed by atoms with Crippen molar-refractivity contribution in [3.63, 3.8) is 0 Å². The summed E-state index contributed by atoms with van der Waals surface area (Å²) in [6.45, 7) is 7.34. The maximum atomic E-state index is 12.5. The summed E-state index contributed by atoms with van der Waals surface area (Å²) >= 11 is 0. The first-order chi connectivity index (χ1) is 8.63. The standard InChI is InChI=1S/C16H23NO/c1-4-14-10-12(2)17(11-14)16(18)13(3)15-8-6-5-7-9-15/h5-9,12-14H,4,10-11H2,1-3H3/t12-,13?,14?/m1/s1. The van der Waals surface area contributed by atoms with Crippen molar-refractivity contribution in [3.8, 4) is 0 Å². The smallest absolute Gasteiger partial charge is 0.230 e. The molecule has 1 aliphatic rings. The Labute approximate surface area is 110 Å². The minimum Gasteiger partial charge on any atom is -0.339 e. The summed E-state index contributed by atoms with van der Waals surface area (Å²) in [6.07, 6.45) is 2.33. The predicted molar refractivity (Wildman–Crippen MR) is 74.4 cm³/mol. The monoisotopic (exact) mass is 245 g/mol. The molecular formula is C16H23NO. The highest BCUT2D eigenvalue weighted by Gasteiger charge is 2.33. The van der Waals surface area contributed by atoms with Crippen molar-refractivity contribution in [1.82, 2.24) is 4.90 Å². The van der Waals surface area contributed by atoms with E-state index in [1.807, 2.05) is 37.3 Å².